The molecule has 6 heteroatoms. The lowest BCUT2D eigenvalue weighted by Gasteiger charge is -2.11. The minimum Gasteiger partial charge on any atom is -0.386 e. The molecule has 0 aromatic rings. The predicted molar refractivity (Wildman–Crippen MR) is 66.0 cm³/mol. The van der Waals surface area contributed by atoms with Gasteiger partial charge in [-0.3, -0.25) is 0 Å². The quantitative estimate of drug-likeness (QED) is 0.434. The van der Waals surface area contributed by atoms with Crippen LogP contribution in [0.1, 0.15) is 25.7 Å². The summed E-state index contributed by atoms with van der Waals surface area (Å²) >= 11 is 0. The predicted octanol–water partition coefficient (Wildman–Crippen LogP) is 1.12. The summed E-state index contributed by atoms with van der Waals surface area (Å²) < 4.78 is 8.90. The van der Waals surface area contributed by atoms with Gasteiger partial charge in [-0.05, 0) is 25.7 Å². The molecule has 0 aliphatic heterocycles. The molecule has 0 unspecified atom stereocenters. The van der Waals surface area contributed by atoms with Gasteiger partial charge >= 0.3 is 23.9 Å². The van der Waals surface area contributed by atoms with Crippen molar-refractivity contribution in [1.29, 1.82) is 0 Å². The van der Waals surface area contributed by atoms with Gasteiger partial charge in [0.1, 0.15) is 0 Å². The fraction of sp³-hybridized carbons (Fsp3) is 0.286. The summed E-state index contributed by atoms with van der Waals surface area (Å²) in [6.07, 6.45) is 7.58. The summed E-state index contributed by atoms with van der Waals surface area (Å²) in [6, 6.07) is 0. The summed E-state index contributed by atoms with van der Waals surface area (Å²) in [5.41, 5.74) is 0.892. The van der Waals surface area contributed by atoms with Crippen LogP contribution in [-0.2, 0) is 28.7 Å². The van der Waals surface area contributed by atoms with E-state index in [0.29, 0.717) is 24.0 Å². The van der Waals surface area contributed by atoms with E-state index in [0.717, 1.165) is 25.0 Å². The van der Waals surface area contributed by atoms with Crippen LogP contribution in [-0.4, -0.2) is 23.9 Å². The van der Waals surface area contributed by atoms with Crippen molar-refractivity contribution in [2.45, 2.75) is 25.7 Å². The van der Waals surface area contributed by atoms with Crippen molar-refractivity contribution in [3.05, 3.63) is 35.5 Å². The first-order chi connectivity index (χ1) is 9.56. The Balaban J connectivity index is 1.76. The van der Waals surface area contributed by atoms with Crippen LogP contribution >= 0.6 is 0 Å². The van der Waals surface area contributed by atoms with Crippen LogP contribution in [0.25, 0.3) is 0 Å². The van der Waals surface area contributed by atoms with E-state index in [9.17, 15) is 19.2 Å². The van der Waals surface area contributed by atoms with E-state index in [2.05, 4.69) is 9.47 Å². The van der Waals surface area contributed by atoms with Crippen molar-refractivity contribution in [3.8, 4) is 0 Å². The first-order valence-electron chi connectivity index (χ1n) is 6.14. The van der Waals surface area contributed by atoms with E-state index in [1.807, 2.05) is 0 Å². The van der Waals surface area contributed by atoms with Gasteiger partial charge in [-0.25, -0.2) is 19.2 Å². The van der Waals surface area contributed by atoms with Crippen molar-refractivity contribution in [3.63, 3.8) is 0 Å². The third kappa shape index (κ3) is 3.50. The van der Waals surface area contributed by atoms with Crippen LogP contribution in [0, 0.1) is 0 Å². The Morgan fingerprint density at radius 1 is 0.800 bits per heavy atom. The first-order valence-corrected chi connectivity index (χ1v) is 6.14. The van der Waals surface area contributed by atoms with Crippen LogP contribution in [0.4, 0.5) is 0 Å². The average Bonchev–Trinajstić information content (AvgIpc) is 2.20. The number of rotatable bonds is 4. The molecule has 20 heavy (non-hydrogen) atoms. The van der Waals surface area contributed by atoms with Crippen molar-refractivity contribution >= 4 is 23.9 Å². The Labute approximate surface area is 114 Å². The van der Waals surface area contributed by atoms with Crippen LogP contribution < -0.4 is 0 Å². The second-order valence-corrected chi connectivity index (χ2v) is 4.29. The van der Waals surface area contributed by atoms with Crippen LogP contribution in [0.3, 0.4) is 0 Å². The zero-order chi connectivity index (χ0) is 14.5. The van der Waals surface area contributed by atoms with Crippen molar-refractivity contribution in [2.24, 2.45) is 0 Å². The number of allylic oxidation sites excluding steroid dienone is 2. The molecule has 0 saturated carbocycles. The van der Waals surface area contributed by atoms with Gasteiger partial charge in [0.25, 0.3) is 0 Å². The molecule has 0 amide bonds. The van der Waals surface area contributed by atoms with E-state index in [4.69, 9.17) is 0 Å². The number of ether oxygens (including phenoxy) is 2. The maximum atomic E-state index is 11.3. The molecule has 0 bridgehead atoms. The average molecular weight is 276 g/mol. The smallest absolute Gasteiger partial charge is 0.341 e. The molecule has 0 atom stereocenters. The standard InChI is InChI=1S/C14H12O6/c15-11(19-13(17)9-3-1-4-9)7-8-12(16)20-14(18)10-5-2-6-10/h3,5,7-8H,1-2,4,6H2. The molecule has 0 aromatic carbocycles. The Morgan fingerprint density at radius 3 is 1.40 bits per heavy atom. The summed E-state index contributed by atoms with van der Waals surface area (Å²) in [5.74, 6) is -3.38. The second kappa shape index (κ2) is 6.10. The number of carbonyl (C=O) groups is 4. The SMILES string of the molecule is O=C(C=CC(=O)OC(=O)C1=CCC1)OC(=O)C1=CCC1. The molecule has 104 valence electrons. The van der Waals surface area contributed by atoms with E-state index >= 15 is 0 Å². The molecular weight excluding hydrogens is 264 g/mol. The molecule has 0 N–H and O–H groups in total. The minimum absolute atomic E-state index is 0.446. The lowest BCUT2D eigenvalue weighted by atomic mass is 10.00. The molecule has 0 spiro atoms. The Morgan fingerprint density at radius 2 is 1.15 bits per heavy atom. The molecule has 0 fully saturated rings. The summed E-state index contributed by atoms with van der Waals surface area (Å²) in [7, 11) is 0. The zero-order valence-electron chi connectivity index (χ0n) is 10.6. The highest BCUT2D eigenvalue weighted by Crippen LogP contribution is 2.19. The minimum atomic E-state index is -0.977. The maximum absolute atomic E-state index is 11.3. The summed E-state index contributed by atoms with van der Waals surface area (Å²) in [4.78, 5) is 45.0. The summed E-state index contributed by atoms with van der Waals surface area (Å²) in [6.45, 7) is 0. The van der Waals surface area contributed by atoms with Gasteiger partial charge in [-0.1, -0.05) is 12.2 Å². The number of esters is 4. The number of hydrogen-bond donors (Lipinski definition) is 0. The summed E-state index contributed by atoms with van der Waals surface area (Å²) in [5, 5.41) is 0. The number of carbonyl (C=O) groups excluding carboxylic acids is 4. The third-order valence-corrected chi connectivity index (χ3v) is 2.88. The largest absolute Gasteiger partial charge is 0.386 e. The molecular formula is C14H12O6. The Bertz CT molecular complexity index is 514. The molecule has 0 heterocycles. The molecule has 2 aliphatic carbocycles. The van der Waals surface area contributed by atoms with Crippen LogP contribution in [0.15, 0.2) is 35.5 Å². The van der Waals surface area contributed by atoms with Gasteiger partial charge in [-0.15, -0.1) is 0 Å². The van der Waals surface area contributed by atoms with Crippen LogP contribution in [0.5, 0.6) is 0 Å². The van der Waals surface area contributed by atoms with Crippen molar-refractivity contribution in [2.75, 3.05) is 0 Å². The number of hydrogen-bond acceptors (Lipinski definition) is 6. The zero-order valence-corrected chi connectivity index (χ0v) is 10.6. The van der Waals surface area contributed by atoms with E-state index in [1.54, 1.807) is 12.2 Å². The first kappa shape index (κ1) is 13.9. The van der Waals surface area contributed by atoms with Crippen LogP contribution in [0.2, 0.25) is 0 Å². The Hall–Kier alpha value is -2.50. The molecule has 0 radical (unpaired) electrons. The fourth-order valence-corrected chi connectivity index (χ4v) is 1.47. The van der Waals surface area contributed by atoms with Gasteiger partial charge in [0.2, 0.25) is 0 Å². The highest BCUT2D eigenvalue weighted by atomic mass is 16.6. The van der Waals surface area contributed by atoms with E-state index in [1.165, 1.54) is 0 Å². The van der Waals surface area contributed by atoms with E-state index in [-0.39, 0.29) is 0 Å². The van der Waals surface area contributed by atoms with E-state index < -0.39 is 23.9 Å². The van der Waals surface area contributed by atoms with Gasteiger partial charge in [0.15, 0.2) is 0 Å². The highest BCUT2D eigenvalue weighted by Gasteiger charge is 2.20. The van der Waals surface area contributed by atoms with Gasteiger partial charge in [0, 0.05) is 23.3 Å². The molecule has 0 aromatic heterocycles. The molecule has 6 nitrogen and oxygen atoms in total. The highest BCUT2D eigenvalue weighted by molar-refractivity contribution is 6.04. The molecule has 2 aliphatic rings. The third-order valence-electron chi connectivity index (χ3n) is 2.88. The normalized spacial score (nSPS) is 16.4. The lowest BCUT2D eigenvalue weighted by molar-refractivity contribution is -0.156. The lowest BCUT2D eigenvalue weighted by Crippen LogP contribution is -2.17. The van der Waals surface area contributed by atoms with Gasteiger partial charge in [0.05, 0.1) is 0 Å². The topological polar surface area (TPSA) is 86.7 Å². The molecule has 2 rings (SSSR count). The molecule has 0 saturated heterocycles. The maximum Gasteiger partial charge on any atom is 0.341 e. The van der Waals surface area contributed by atoms with Crippen molar-refractivity contribution in [1.82, 2.24) is 0 Å². The van der Waals surface area contributed by atoms with Gasteiger partial charge in [-0.2, -0.15) is 0 Å². The second-order valence-electron chi connectivity index (χ2n) is 4.29. The van der Waals surface area contributed by atoms with Gasteiger partial charge < -0.3 is 9.47 Å². The Kier molecular flexibility index (Phi) is 4.24. The fourth-order valence-electron chi connectivity index (χ4n) is 1.47. The monoisotopic (exact) mass is 276 g/mol. The van der Waals surface area contributed by atoms with Crippen molar-refractivity contribution < 1.29 is 28.7 Å².